The van der Waals surface area contributed by atoms with E-state index in [1.165, 1.54) is 62.9 Å². The highest BCUT2D eigenvalue weighted by atomic mass is 32.2. The van der Waals surface area contributed by atoms with Crippen molar-refractivity contribution in [2.75, 3.05) is 96.3 Å². The Balaban J connectivity index is 0.000000167. The molecule has 9 aromatic rings. The van der Waals surface area contributed by atoms with Gasteiger partial charge in [-0.15, -0.1) is 34.0 Å². The maximum Gasteiger partial charge on any atom is 0.264 e. The minimum Gasteiger partial charge on any atom is -0.491 e. The standard InChI is InChI=1S/C23H31NO2SSi.C19H21NO4S2.C18H19NO2S/c1-23(2,3)28(5,6)26-14-13-25-20-12-9-18-15-21(27-22(18)16-20)17-7-10-19(24-4)11-8-17;1-20(2)16-7-4-14(5-8-16)18-12-15-6-9-17(13-19(15)25-18)23-10-11-24-26(3,21)22;1-19(2)15-6-3-13(4-7-15)17-11-14-5-8-16(21-10-9-20)12-18(14)22-17/h7-12,15-16,24H,13-14H2,1-6H3;4-9,12-13H,10-11H2,1-3H3;3-8,11-12,20H,9-10H2,1-2H3. The third-order valence-corrected chi connectivity index (χ3v) is 21.5. The monoisotopic (exact) mass is 1120 g/mol. The largest absolute Gasteiger partial charge is 0.491 e. The van der Waals surface area contributed by atoms with Crippen LogP contribution in [0.25, 0.3) is 61.6 Å². The molecule has 6 aromatic carbocycles. The zero-order chi connectivity index (χ0) is 54.6. The van der Waals surface area contributed by atoms with Gasteiger partial charge in [-0.3, -0.25) is 4.18 Å². The average Bonchev–Trinajstić information content (AvgIpc) is 4.16. The molecule has 0 radical (unpaired) electrons. The molecule has 3 aromatic heterocycles. The van der Waals surface area contributed by atoms with E-state index >= 15 is 0 Å². The van der Waals surface area contributed by atoms with Crippen LogP contribution in [-0.2, 0) is 18.7 Å². The molecule has 0 aliphatic heterocycles. The van der Waals surface area contributed by atoms with Crippen molar-refractivity contribution in [1.29, 1.82) is 0 Å². The van der Waals surface area contributed by atoms with Gasteiger partial charge in [0, 0.05) is 81.0 Å². The van der Waals surface area contributed by atoms with Crippen LogP contribution in [0.5, 0.6) is 17.2 Å². The van der Waals surface area contributed by atoms with Gasteiger partial charge in [0.05, 0.1) is 19.5 Å². The number of thiophene rings is 3. The smallest absolute Gasteiger partial charge is 0.264 e. The van der Waals surface area contributed by atoms with E-state index in [4.69, 9.17) is 23.7 Å². The number of nitrogens with zero attached hydrogens (tertiary/aromatic N) is 2. The summed E-state index contributed by atoms with van der Waals surface area (Å²) in [4.78, 5) is 7.89. The van der Waals surface area contributed by atoms with Gasteiger partial charge in [-0.05, 0) is 160 Å². The molecule has 0 aliphatic rings. The normalized spacial score (nSPS) is 11.7. The second-order valence-electron chi connectivity index (χ2n) is 20.0. The van der Waals surface area contributed by atoms with Crippen molar-refractivity contribution in [2.24, 2.45) is 0 Å². The second-order valence-corrected chi connectivity index (χ2v) is 29.7. The molecule has 16 heteroatoms. The predicted octanol–water partition coefficient (Wildman–Crippen LogP) is 15.0. The van der Waals surface area contributed by atoms with E-state index in [1.807, 2.05) is 65.6 Å². The molecule has 0 saturated carbocycles. The predicted molar refractivity (Wildman–Crippen MR) is 327 cm³/mol. The molecular formula is C60H71N3O8S4Si. The van der Waals surface area contributed by atoms with Crippen LogP contribution >= 0.6 is 34.0 Å². The third-order valence-electron chi connectivity index (χ3n) is 12.9. The van der Waals surface area contributed by atoms with E-state index in [0.717, 1.165) is 33.5 Å². The lowest BCUT2D eigenvalue weighted by atomic mass is 10.1. The fourth-order valence-corrected chi connectivity index (χ4v) is 12.2. The molecule has 11 nitrogen and oxygen atoms in total. The Morgan fingerprint density at radius 1 is 0.526 bits per heavy atom. The quantitative estimate of drug-likeness (QED) is 0.0458. The lowest BCUT2D eigenvalue weighted by Crippen LogP contribution is -2.41. The number of ether oxygens (including phenoxy) is 3. The van der Waals surface area contributed by atoms with E-state index in [9.17, 15) is 8.42 Å². The van der Waals surface area contributed by atoms with Gasteiger partial charge in [-0.1, -0.05) is 57.2 Å². The molecule has 9 rings (SSSR count). The maximum absolute atomic E-state index is 10.9. The van der Waals surface area contributed by atoms with Crippen LogP contribution in [0.4, 0.5) is 17.1 Å². The summed E-state index contributed by atoms with van der Waals surface area (Å²) in [7, 11) is 4.93. The van der Waals surface area contributed by atoms with E-state index in [1.54, 1.807) is 34.0 Å². The van der Waals surface area contributed by atoms with Crippen molar-refractivity contribution in [1.82, 2.24) is 0 Å². The maximum atomic E-state index is 10.9. The SMILES string of the molecule is CN(C)c1ccc(-c2cc3ccc(OCCO)cc3s2)cc1.CN(C)c1ccc(-c2cc3ccc(OCCOS(C)(=O)=O)cc3s2)cc1.CNc1ccc(-c2cc3ccc(OCCO[Si](C)(C)C(C)(C)C)cc3s2)cc1. The van der Waals surface area contributed by atoms with Gasteiger partial charge < -0.3 is 38.9 Å². The number of aliphatic hydroxyl groups excluding tert-OH is 1. The van der Waals surface area contributed by atoms with Crippen LogP contribution in [0.1, 0.15) is 20.8 Å². The summed E-state index contributed by atoms with van der Waals surface area (Å²) in [6.45, 7) is 13.1. The molecule has 2 N–H and O–H groups in total. The van der Waals surface area contributed by atoms with Crippen molar-refractivity contribution in [3.63, 3.8) is 0 Å². The van der Waals surface area contributed by atoms with Crippen LogP contribution in [0.2, 0.25) is 18.1 Å². The van der Waals surface area contributed by atoms with Gasteiger partial charge >= 0.3 is 0 Å². The molecule has 0 bridgehead atoms. The summed E-state index contributed by atoms with van der Waals surface area (Å²) in [5, 5.41) is 15.8. The first-order chi connectivity index (χ1) is 36.2. The Morgan fingerprint density at radius 2 is 0.895 bits per heavy atom. The number of rotatable bonds is 19. The zero-order valence-electron chi connectivity index (χ0n) is 45.4. The summed E-state index contributed by atoms with van der Waals surface area (Å²) in [5.41, 5.74) is 7.14. The number of hydrogen-bond donors (Lipinski definition) is 2. The highest BCUT2D eigenvalue weighted by Crippen LogP contribution is 2.40. The molecular weight excluding hydrogens is 1050 g/mol. The minimum atomic E-state index is -3.43. The molecule has 76 heavy (non-hydrogen) atoms. The van der Waals surface area contributed by atoms with Crippen LogP contribution in [-0.4, -0.2) is 103 Å². The lowest BCUT2D eigenvalue weighted by molar-refractivity contribution is 0.201. The lowest BCUT2D eigenvalue weighted by Gasteiger charge is -2.36. The van der Waals surface area contributed by atoms with Crippen LogP contribution < -0.4 is 29.3 Å². The first kappa shape index (κ1) is 57.7. The number of fused-ring (bicyclic) bond motifs is 3. The minimum absolute atomic E-state index is 0.00475. The first-order valence-corrected chi connectivity index (χ1v) is 32.3. The Bertz CT molecular complexity index is 3400. The molecule has 0 unspecified atom stereocenters. The average molecular weight is 1120 g/mol. The Kier molecular flexibility index (Phi) is 19.7. The van der Waals surface area contributed by atoms with Gasteiger partial charge in [0.15, 0.2) is 8.32 Å². The topological polar surface area (TPSA) is 119 Å². The van der Waals surface area contributed by atoms with Crippen molar-refractivity contribution in [2.45, 2.75) is 38.9 Å². The Morgan fingerprint density at radius 3 is 1.24 bits per heavy atom. The first-order valence-electron chi connectivity index (χ1n) is 25.1. The summed E-state index contributed by atoms with van der Waals surface area (Å²) in [6, 6.07) is 50.4. The number of hydrogen-bond acceptors (Lipinski definition) is 14. The number of nitrogens with one attached hydrogen (secondary N) is 1. The van der Waals surface area contributed by atoms with Gasteiger partial charge in [0.1, 0.15) is 43.7 Å². The van der Waals surface area contributed by atoms with Gasteiger partial charge in [0.2, 0.25) is 0 Å². The zero-order valence-corrected chi connectivity index (χ0v) is 49.7. The number of benzene rings is 6. The summed E-state index contributed by atoms with van der Waals surface area (Å²) in [5.74, 6) is 2.41. The molecule has 0 amide bonds. The Hall–Kier alpha value is -5.95. The van der Waals surface area contributed by atoms with Crippen LogP contribution in [0.15, 0.2) is 146 Å². The number of anilines is 3. The fourth-order valence-electron chi connectivity index (χ4n) is 7.56. The van der Waals surface area contributed by atoms with E-state index in [-0.39, 0.29) is 24.9 Å². The van der Waals surface area contributed by atoms with Gasteiger partial charge in [-0.25, -0.2) is 0 Å². The molecule has 0 atom stereocenters. The van der Waals surface area contributed by atoms with Crippen molar-refractivity contribution in [3.8, 4) is 48.6 Å². The second kappa shape index (κ2) is 25.9. The molecule has 0 saturated heterocycles. The molecule has 3 heterocycles. The highest BCUT2D eigenvalue weighted by molar-refractivity contribution is 7.86. The third kappa shape index (κ3) is 16.1. The van der Waals surface area contributed by atoms with E-state index in [2.05, 4.69) is 168 Å². The molecule has 0 fully saturated rings. The van der Waals surface area contributed by atoms with Crippen molar-refractivity contribution >= 4 is 99.8 Å². The summed E-state index contributed by atoms with van der Waals surface area (Å²) in [6.07, 6.45) is 1.03. The molecule has 0 aliphatic carbocycles. The molecule has 402 valence electrons. The van der Waals surface area contributed by atoms with Crippen molar-refractivity contribution < 1.29 is 36.3 Å². The van der Waals surface area contributed by atoms with Crippen LogP contribution in [0.3, 0.4) is 0 Å². The fraction of sp³-hybridized carbons (Fsp3) is 0.300. The highest BCUT2D eigenvalue weighted by Gasteiger charge is 2.37. The summed E-state index contributed by atoms with van der Waals surface area (Å²) >= 11 is 5.26. The van der Waals surface area contributed by atoms with Gasteiger partial charge in [-0.2, -0.15) is 8.42 Å². The Labute approximate surface area is 462 Å². The van der Waals surface area contributed by atoms with Crippen LogP contribution in [0, 0.1) is 0 Å². The molecule has 0 spiro atoms. The summed E-state index contributed by atoms with van der Waals surface area (Å²) < 4.78 is 53.3. The van der Waals surface area contributed by atoms with Gasteiger partial charge in [0.25, 0.3) is 10.1 Å². The van der Waals surface area contributed by atoms with E-state index < -0.39 is 18.4 Å². The van der Waals surface area contributed by atoms with E-state index in [0.29, 0.717) is 25.6 Å². The number of aliphatic hydroxyl groups is 1. The van der Waals surface area contributed by atoms with Crippen molar-refractivity contribution in [3.05, 3.63) is 146 Å².